The van der Waals surface area contributed by atoms with Gasteiger partial charge in [0.1, 0.15) is 5.82 Å². The zero-order chi connectivity index (χ0) is 33.4. The van der Waals surface area contributed by atoms with Crippen LogP contribution in [0.3, 0.4) is 0 Å². The second-order valence-electron chi connectivity index (χ2n) is 10.4. The number of fused-ring (bicyclic) bond motifs is 2. The normalized spacial score (nSPS) is 17.9. The molecule has 0 aliphatic carbocycles. The molecule has 1 atom stereocenters. The van der Waals surface area contributed by atoms with Crippen LogP contribution < -0.4 is 5.32 Å². The van der Waals surface area contributed by atoms with Crippen molar-refractivity contribution in [2.24, 2.45) is 0 Å². The highest BCUT2D eigenvalue weighted by atomic mass is 19.4. The van der Waals surface area contributed by atoms with Crippen LogP contribution in [-0.2, 0) is 45.9 Å². The Labute approximate surface area is 253 Å². The van der Waals surface area contributed by atoms with Gasteiger partial charge in [0.05, 0.1) is 30.0 Å². The first-order chi connectivity index (χ1) is 21.0. The van der Waals surface area contributed by atoms with E-state index in [4.69, 9.17) is 34.5 Å². The Hall–Kier alpha value is -4.25. The van der Waals surface area contributed by atoms with Gasteiger partial charge in [-0.2, -0.15) is 26.3 Å². The molecule has 11 nitrogen and oxygen atoms in total. The standard InChI is InChI=1S/C24H30N6O.2C2HF3O2/c1-3-21-27-17(2)20(28-21)13-30-10-9-24(15-30)16-31-14-19-12-26-23(29-22(19)24)25-11-18-7-5-4-6-8-18;2*3-2(4,5)1(6)7/h4-8,12H,3,9-11,13-16H2,1-2H3,(H,27,28)(H,25,26,29);2*(H,6,7). The fourth-order valence-electron chi connectivity index (χ4n) is 4.76. The second kappa shape index (κ2) is 14.7. The molecule has 0 bridgehead atoms. The van der Waals surface area contributed by atoms with E-state index >= 15 is 0 Å². The number of aliphatic carboxylic acids is 2. The van der Waals surface area contributed by atoms with E-state index in [0.717, 1.165) is 55.3 Å². The largest absolute Gasteiger partial charge is 0.490 e. The molecule has 2 aliphatic heterocycles. The number of nitrogens with one attached hydrogen (secondary N) is 2. The summed E-state index contributed by atoms with van der Waals surface area (Å²) in [6.45, 7) is 9.09. The van der Waals surface area contributed by atoms with Crippen molar-refractivity contribution in [1.82, 2.24) is 24.8 Å². The number of carboxylic acid groups (broad SMARTS) is 2. The number of aromatic amines is 1. The third-order valence-corrected chi connectivity index (χ3v) is 6.96. The number of hydrogen-bond acceptors (Lipinski definition) is 8. The molecule has 17 heteroatoms. The Morgan fingerprint density at radius 1 is 1.07 bits per heavy atom. The Bertz CT molecular complexity index is 1430. The van der Waals surface area contributed by atoms with Gasteiger partial charge in [-0.25, -0.2) is 24.5 Å². The fourth-order valence-corrected chi connectivity index (χ4v) is 4.76. The van der Waals surface area contributed by atoms with Crippen LogP contribution >= 0.6 is 0 Å². The number of carboxylic acids is 2. The first kappa shape index (κ1) is 35.2. The molecule has 2 aromatic heterocycles. The highest BCUT2D eigenvalue weighted by molar-refractivity contribution is 5.73. The number of carbonyl (C=O) groups is 2. The summed E-state index contributed by atoms with van der Waals surface area (Å²) in [6.07, 6.45) is -6.26. The third-order valence-electron chi connectivity index (χ3n) is 6.96. The molecular weight excluding hydrogens is 614 g/mol. The molecular formula is C28H32F6N6O5. The second-order valence-corrected chi connectivity index (χ2v) is 10.4. The maximum absolute atomic E-state index is 10.6. The van der Waals surface area contributed by atoms with Crippen LogP contribution in [-0.4, -0.2) is 79.0 Å². The molecule has 4 heterocycles. The smallest absolute Gasteiger partial charge is 0.475 e. The molecule has 0 saturated carbocycles. The van der Waals surface area contributed by atoms with Crippen LogP contribution in [0, 0.1) is 6.92 Å². The minimum atomic E-state index is -5.08. The number of anilines is 1. The van der Waals surface area contributed by atoms with Crippen LogP contribution in [0.25, 0.3) is 0 Å². The van der Waals surface area contributed by atoms with Gasteiger partial charge in [-0.05, 0) is 25.5 Å². The summed E-state index contributed by atoms with van der Waals surface area (Å²) in [6, 6.07) is 10.3. The van der Waals surface area contributed by atoms with E-state index in [1.54, 1.807) is 0 Å². The van der Waals surface area contributed by atoms with Gasteiger partial charge < -0.3 is 25.3 Å². The molecule has 1 saturated heterocycles. The van der Waals surface area contributed by atoms with Gasteiger partial charge in [0.25, 0.3) is 0 Å². The quantitative estimate of drug-likeness (QED) is 0.279. The summed E-state index contributed by atoms with van der Waals surface area (Å²) in [5.41, 5.74) is 5.74. The topological polar surface area (TPSA) is 154 Å². The van der Waals surface area contributed by atoms with E-state index < -0.39 is 24.3 Å². The van der Waals surface area contributed by atoms with Gasteiger partial charge >= 0.3 is 24.3 Å². The van der Waals surface area contributed by atoms with Crippen LogP contribution in [0.1, 0.15) is 47.4 Å². The van der Waals surface area contributed by atoms with Crippen molar-refractivity contribution in [3.05, 3.63) is 70.6 Å². The molecule has 1 fully saturated rings. The summed E-state index contributed by atoms with van der Waals surface area (Å²) >= 11 is 0. The maximum atomic E-state index is 10.6. The van der Waals surface area contributed by atoms with Crippen molar-refractivity contribution in [3.8, 4) is 0 Å². The molecule has 0 radical (unpaired) electrons. The lowest BCUT2D eigenvalue weighted by atomic mass is 9.80. The van der Waals surface area contributed by atoms with Crippen LogP contribution in [0.2, 0.25) is 0 Å². The zero-order valence-corrected chi connectivity index (χ0v) is 24.3. The molecule has 246 valence electrons. The van der Waals surface area contributed by atoms with Crippen LogP contribution in [0.15, 0.2) is 36.5 Å². The number of alkyl halides is 6. The molecule has 1 aromatic carbocycles. The van der Waals surface area contributed by atoms with Crippen molar-refractivity contribution >= 4 is 17.9 Å². The summed E-state index contributed by atoms with van der Waals surface area (Å²) in [4.78, 5) is 38.0. The van der Waals surface area contributed by atoms with Crippen molar-refractivity contribution in [3.63, 3.8) is 0 Å². The predicted octanol–water partition coefficient (Wildman–Crippen LogP) is 4.62. The number of aryl methyl sites for hydroxylation is 2. The minimum Gasteiger partial charge on any atom is -0.475 e. The number of likely N-dealkylation sites (tertiary alicyclic amines) is 1. The highest BCUT2D eigenvalue weighted by Gasteiger charge is 2.45. The van der Waals surface area contributed by atoms with Gasteiger partial charge in [-0.3, -0.25) is 4.90 Å². The lowest BCUT2D eigenvalue weighted by Gasteiger charge is -2.34. The molecule has 5 rings (SSSR count). The molecule has 2 aliphatic rings. The summed E-state index contributed by atoms with van der Waals surface area (Å²) in [5.74, 6) is -3.76. The number of benzene rings is 1. The van der Waals surface area contributed by atoms with Gasteiger partial charge in [-0.15, -0.1) is 0 Å². The van der Waals surface area contributed by atoms with Gasteiger partial charge in [0, 0.05) is 43.5 Å². The van der Waals surface area contributed by atoms with Crippen molar-refractivity contribution < 1.29 is 50.9 Å². The number of halogens is 6. The van der Waals surface area contributed by atoms with E-state index in [9.17, 15) is 26.3 Å². The summed E-state index contributed by atoms with van der Waals surface area (Å²) in [7, 11) is 0. The van der Waals surface area contributed by atoms with Crippen molar-refractivity contribution in [2.45, 2.75) is 64.2 Å². The van der Waals surface area contributed by atoms with E-state index in [0.29, 0.717) is 25.7 Å². The maximum Gasteiger partial charge on any atom is 0.490 e. The average molecular weight is 647 g/mol. The molecule has 0 amide bonds. The number of rotatable bonds is 6. The average Bonchev–Trinajstić information content (AvgIpc) is 3.55. The van der Waals surface area contributed by atoms with Gasteiger partial charge in [0.2, 0.25) is 5.95 Å². The van der Waals surface area contributed by atoms with Gasteiger partial charge in [0.15, 0.2) is 0 Å². The Morgan fingerprint density at radius 3 is 2.24 bits per heavy atom. The summed E-state index contributed by atoms with van der Waals surface area (Å²) < 4.78 is 69.5. The lowest BCUT2D eigenvalue weighted by molar-refractivity contribution is -0.193. The molecule has 1 spiro atoms. The lowest BCUT2D eigenvalue weighted by Crippen LogP contribution is -2.40. The van der Waals surface area contributed by atoms with E-state index in [1.807, 2.05) is 12.3 Å². The fraction of sp³-hybridized carbons (Fsp3) is 0.464. The predicted molar refractivity (Wildman–Crippen MR) is 147 cm³/mol. The van der Waals surface area contributed by atoms with E-state index in [-0.39, 0.29) is 5.41 Å². The number of nitrogens with zero attached hydrogens (tertiary/aromatic N) is 4. The first-order valence-electron chi connectivity index (χ1n) is 13.6. The number of hydrogen-bond donors (Lipinski definition) is 4. The number of imidazole rings is 1. The molecule has 3 aromatic rings. The number of H-pyrrole nitrogens is 1. The molecule has 45 heavy (non-hydrogen) atoms. The van der Waals surface area contributed by atoms with Crippen LogP contribution in [0.4, 0.5) is 32.3 Å². The van der Waals surface area contributed by atoms with E-state index in [1.165, 1.54) is 11.3 Å². The highest BCUT2D eigenvalue weighted by Crippen LogP contribution is 2.39. The molecule has 4 N–H and O–H groups in total. The Morgan fingerprint density at radius 2 is 1.69 bits per heavy atom. The molecule has 1 unspecified atom stereocenters. The monoisotopic (exact) mass is 646 g/mol. The van der Waals surface area contributed by atoms with E-state index in [2.05, 4.69) is 58.3 Å². The SMILES string of the molecule is CCc1nc(CN2CCC3(COCc4cnc(NCc5ccccc5)nc43)C2)c(C)[nH]1.O=C(O)C(F)(F)F.O=C(O)C(F)(F)F. The Balaban J connectivity index is 0.000000331. The minimum absolute atomic E-state index is 0.0719. The third kappa shape index (κ3) is 9.87. The number of aromatic nitrogens is 4. The van der Waals surface area contributed by atoms with Crippen LogP contribution in [0.5, 0.6) is 0 Å². The van der Waals surface area contributed by atoms with Gasteiger partial charge in [-0.1, -0.05) is 37.3 Å². The van der Waals surface area contributed by atoms with Crippen molar-refractivity contribution in [2.75, 3.05) is 25.0 Å². The Kier molecular flexibility index (Phi) is 11.5. The summed E-state index contributed by atoms with van der Waals surface area (Å²) in [5, 5.41) is 17.6. The number of ether oxygens (including phenoxy) is 1. The first-order valence-corrected chi connectivity index (χ1v) is 13.6. The zero-order valence-electron chi connectivity index (χ0n) is 24.3. The van der Waals surface area contributed by atoms with Crippen molar-refractivity contribution in [1.29, 1.82) is 0 Å².